The number of halogens is 1. The number of hydrogen-bond acceptors (Lipinski definition) is 7. The fraction of sp³-hybridized carbons (Fsp3) is 0.400. The maximum atomic E-state index is 13.7. The van der Waals surface area contributed by atoms with Crippen LogP contribution in [-0.2, 0) is 30.7 Å². The molecule has 29 heavy (non-hydrogen) atoms. The van der Waals surface area contributed by atoms with Gasteiger partial charge in [-0.05, 0) is 24.5 Å². The number of phenols is 1. The molecular weight excluding hydrogens is 415 g/mol. The van der Waals surface area contributed by atoms with Crippen LogP contribution in [0, 0.1) is 5.82 Å². The molecule has 0 spiro atoms. The summed E-state index contributed by atoms with van der Waals surface area (Å²) in [7, 11) is -4.90. The Morgan fingerprint density at radius 2 is 2.00 bits per heavy atom. The monoisotopic (exact) mass is 432 g/mol. The van der Waals surface area contributed by atoms with Crippen LogP contribution in [0.5, 0.6) is 5.75 Å². The minimum Gasteiger partial charge on any atom is -0.508 e. The largest absolute Gasteiger partial charge is 0.508 e. The van der Waals surface area contributed by atoms with Gasteiger partial charge in [0, 0.05) is 12.6 Å². The van der Waals surface area contributed by atoms with Crippen LogP contribution >= 0.6 is 0 Å². The van der Waals surface area contributed by atoms with Crippen molar-refractivity contribution in [2.24, 2.45) is 0 Å². The molecule has 1 aromatic carbocycles. The van der Waals surface area contributed by atoms with Crippen LogP contribution in [0.3, 0.4) is 0 Å². The van der Waals surface area contributed by atoms with Crippen LogP contribution in [0.2, 0.25) is 0 Å². The molecule has 0 unspecified atom stereocenters. The molecule has 2 heterocycles. The van der Waals surface area contributed by atoms with Crippen LogP contribution in [0.25, 0.3) is 0 Å². The number of aromatic hydroxyl groups is 1. The lowest BCUT2D eigenvalue weighted by molar-refractivity contribution is -0.131. The number of rotatable bonds is 5. The van der Waals surface area contributed by atoms with Crippen LogP contribution in [0.1, 0.15) is 18.4 Å². The molecule has 0 radical (unpaired) electrons. The lowest BCUT2D eigenvalue weighted by Gasteiger charge is -2.29. The number of hydrazine groups is 1. The van der Waals surface area contributed by atoms with Gasteiger partial charge in [-0.2, -0.15) is 13.5 Å². The number of hydroxylamine groups is 2. The molecule has 4 amide bonds. The Morgan fingerprint density at radius 3 is 2.66 bits per heavy atom. The van der Waals surface area contributed by atoms with Crippen molar-refractivity contribution in [2.45, 2.75) is 31.3 Å². The first-order valence-electron chi connectivity index (χ1n) is 8.38. The average Bonchev–Trinajstić information content (AvgIpc) is 2.86. The minimum absolute atomic E-state index is 0.000887. The van der Waals surface area contributed by atoms with Crippen molar-refractivity contribution in [1.29, 1.82) is 0 Å². The molecule has 4 N–H and O–H groups in total. The SMILES string of the molecule is O=C(Cc1ccc(O)cc1F)NNC(=O)[C@@H]1CC[C@@H]2CN1C(=O)N2OS(=O)(=O)O. The van der Waals surface area contributed by atoms with Gasteiger partial charge in [-0.15, -0.1) is 4.28 Å². The van der Waals surface area contributed by atoms with Crippen LogP contribution < -0.4 is 10.9 Å². The standard InChI is InChI=1S/C15H17FN4O8S/c16-11-6-10(21)3-1-8(11)5-13(22)17-18-14(23)12-4-2-9-7-19(12)15(24)20(9)28-29(25,26)27/h1,3,6,9,12,21H,2,4-5,7H2,(H,17,22)(H,18,23)(H,25,26,27)/t9-,12+/m1/s1. The van der Waals surface area contributed by atoms with Crippen molar-refractivity contribution in [2.75, 3.05) is 6.54 Å². The second-order valence-electron chi connectivity index (χ2n) is 6.50. The van der Waals surface area contributed by atoms with Crippen molar-refractivity contribution >= 4 is 28.2 Å². The predicted molar refractivity (Wildman–Crippen MR) is 91.4 cm³/mol. The van der Waals surface area contributed by atoms with Crippen LogP contribution in [0.4, 0.5) is 9.18 Å². The van der Waals surface area contributed by atoms with E-state index in [9.17, 15) is 27.2 Å². The summed E-state index contributed by atoms with van der Waals surface area (Å²) in [5, 5.41) is 9.65. The van der Waals surface area contributed by atoms with Gasteiger partial charge < -0.3 is 10.0 Å². The van der Waals surface area contributed by atoms with E-state index in [-0.39, 0.29) is 30.7 Å². The number of amides is 4. The summed E-state index contributed by atoms with van der Waals surface area (Å²) in [6.45, 7) is -0.000887. The van der Waals surface area contributed by atoms with Gasteiger partial charge in [-0.3, -0.25) is 25.0 Å². The molecule has 3 rings (SSSR count). The highest BCUT2D eigenvalue weighted by Crippen LogP contribution is 2.30. The molecule has 2 aliphatic rings. The molecule has 14 heteroatoms. The zero-order chi connectivity index (χ0) is 21.3. The third kappa shape index (κ3) is 4.72. The van der Waals surface area contributed by atoms with Crippen molar-refractivity contribution in [3.05, 3.63) is 29.6 Å². The van der Waals surface area contributed by atoms with Gasteiger partial charge >= 0.3 is 16.4 Å². The van der Waals surface area contributed by atoms with Crippen molar-refractivity contribution in [3.8, 4) is 5.75 Å². The molecule has 0 saturated carbocycles. The second kappa shape index (κ2) is 7.81. The van der Waals surface area contributed by atoms with E-state index in [2.05, 4.69) is 15.1 Å². The van der Waals surface area contributed by atoms with Crippen molar-refractivity contribution in [3.63, 3.8) is 0 Å². The number of fused-ring (bicyclic) bond motifs is 2. The third-order valence-corrected chi connectivity index (χ3v) is 4.86. The normalized spacial score (nSPS) is 21.2. The van der Waals surface area contributed by atoms with E-state index in [4.69, 9.17) is 9.66 Å². The highest BCUT2D eigenvalue weighted by atomic mass is 32.3. The number of nitrogens with zero attached hydrogens (tertiary/aromatic N) is 2. The van der Waals surface area contributed by atoms with Crippen LogP contribution in [-0.4, -0.2) is 64.5 Å². The molecule has 0 aromatic heterocycles. The summed E-state index contributed by atoms with van der Waals surface area (Å²) < 4.78 is 48.4. The predicted octanol–water partition coefficient (Wildman–Crippen LogP) is -0.776. The Bertz CT molecular complexity index is 956. The number of hydrogen-bond donors (Lipinski definition) is 4. The highest BCUT2D eigenvalue weighted by molar-refractivity contribution is 7.80. The van der Waals surface area contributed by atoms with Gasteiger partial charge in [0.05, 0.1) is 12.5 Å². The fourth-order valence-electron chi connectivity index (χ4n) is 3.22. The third-order valence-electron chi connectivity index (χ3n) is 4.51. The molecule has 1 aromatic rings. The maximum absolute atomic E-state index is 13.7. The van der Waals surface area contributed by atoms with E-state index in [0.29, 0.717) is 5.06 Å². The summed E-state index contributed by atoms with van der Waals surface area (Å²) in [5.41, 5.74) is 4.25. The minimum atomic E-state index is -4.90. The molecule has 158 valence electrons. The molecule has 2 bridgehead atoms. The van der Waals surface area contributed by atoms with E-state index < -0.39 is 52.6 Å². The number of carbonyl (C=O) groups excluding carboxylic acids is 3. The van der Waals surface area contributed by atoms with Gasteiger partial charge in [0.15, 0.2) is 0 Å². The highest BCUT2D eigenvalue weighted by Gasteiger charge is 2.49. The molecule has 2 aliphatic heterocycles. The smallest absolute Gasteiger partial charge is 0.418 e. The lowest BCUT2D eigenvalue weighted by Crippen LogP contribution is -2.54. The van der Waals surface area contributed by atoms with Gasteiger partial charge in [0.25, 0.3) is 5.91 Å². The number of benzene rings is 1. The van der Waals surface area contributed by atoms with E-state index >= 15 is 0 Å². The van der Waals surface area contributed by atoms with Gasteiger partial charge in [-0.25, -0.2) is 9.18 Å². The van der Waals surface area contributed by atoms with Crippen molar-refractivity contribution < 1.29 is 41.1 Å². The summed E-state index contributed by atoms with van der Waals surface area (Å²) >= 11 is 0. The molecule has 12 nitrogen and oxygen atoms in total. The zero-order valence-corrected chi connectivity index (χ0v) is 15.6. The number of nitrogens with one attached hydrogen (secondary N) is 2. The Balaban J connectivity index is 1.56. The van der Waals surface area contributed by atoms with Crippen LogP contribution in [0.15, 0.2) is 18.2 Å². The lowest BCUT2D eigenvalue weighted by atomic mass is 10.0. The van der Waals surface area contributed by atoms with Gasteiger partial charge in [-0.1, -0.05) is 6.07 Å². The van der Waals surface area contributed by atoms with E-state index in [1.54, 1.807) is 0 Å². The molecule has 2 fully saturated rings. The van der Waals surface area contributed by atoms with Gasteiger partial charge in [0.1, 0.15) is 17.6 Å². The molecule has 2 saturated heterocycles. The van der Waals surface area contributed by atoms with Crippen molar-refractivity contribution in [1.82, 2.24) is 20.8 Å². The molecular formula is C15H17FN4O8S. The summed E-state index contributed by atoms with van der Waals surface area (Å²) in [6, 6.07) is 0.712. The Hall–Kier alpha value is -2.97. The fourth-order valence-corrected chi connectivity index (χ4v) is 3.60. The first kappa shape index (κ1) is 20.8. The Morgan fingerprint density at radius 1 is 1.28 bits per heavy atom. The zero-order valence-electron chi connectivity index (χ0n) is 14.7. The number of phenolic OH excluding ortho intramolecular Hbond substituents is 1. The first-order valence-corrected chi connectivity index (χ1v) is 9.74. The Kier molecular flexibility index (Phi) is 5.59. The van der Waals surface area contributed by atoms with E-state index in [1.165, 1.54) is 12.1 Å². The van der Waals surface area contributed by atoms with E-state index in [0.717, 1.165) is 11.0 Å². The first-order chi connectivity index (χ1) is 13.5. The summed E-state index contributed by atoms with van der Waals surface area (Å²) in [4.78, 5) is 37.6. The van der Waals surface area contributed by atoms with Gasteiger partial charge in [0.2, 0.25) is 5.91 Å². The Labute approximate surface area is 164 Å². The topological polar surface area (TPSA) is 166 Å². The second-order valence-corrected chi connectivity index (χ2v) is 7.50. The maximum Gasteiger partial charge on any atom is 0.418 e. The van der Waals surface area contributed by atoms with E-state index in [1.807, 2.05) is 0 Å². The molecule has 2 atom stereocenters. The summed E-state index contributed by atoms with van der Waals surface area (Å²) in [5.74, 6) is -2.55. The number of urea groups is 1. The summed E-state index contributed by atoms with van der Waals surface area (Å²) in [6.07, 6.45) is -0.0176. The number of piperidine rings is 1. The molecule has 0 aliphatic carbocycles. The quantitative estimate of drug-likeness (QED) is 0.348. The average molecular weight is 432 g/mol. The number of carbonyl (C=O) groups is 3.